The van der Waals surface area contributed by atoms with Crippen LogP contribution in [-0.2, 0) is 11.3 Å². The van der Waals surface area contributed by atoms with Crippen LogP contribution in [0.2, 0.25) is 0 Å². The number of amides is 1. The summed E-state index contributed by atoms with van der Waals surface area (Å²) < 4.78 is 0. The Morgan fingerprint density at radius 2 is 2.00 bits per heavy atom. The van der Waals surface area contributed by atoms with Crippen molar-refractivity contribution in [2.24, 2.45) is 0 Å². The molecular weight excluding hydrogens is 212 g/mol. The molecule has 1 amide bonds. The minimum Gasteiger partial charge on any atom is -0.313 e. The maximum absolute atomic E-state index is 11.8. The van der Waals surface area contributed by atoms with Crippen LogP contribution in [0.15, 0.2) is 24.3 Å². The molecule has 1 heterocycles. The van der Waals surface area contributed by atoms with E-state index < -0.39 is 0 Å². The van der Waals surface area contributed by atoms with Gasteiger partial charge in [0.25, 0.3) is 0 Å². The van der Waals surface area contributed by atoms with E-state index in [2.05, 4.69) is 36.5 Å². The zero-order valence-corrected chi connectivity index (χ0v) is 10.4. The quantitative estimate of drug-likeness (QED) is 0.864. The fraction of sp³-hybridized carbons (Fsp3) is 0.500. The van der Waals surface area contributed by atoms with E-state index in [9.17, 15) is 4.79 Å². The van der Waals surface area contributed by atoms with E-state index in [1.807, 2.05) is 4.90 Å². The Kier molecular flexibility index (Phi) is 4.15. The topological polar surface area (TPSA) is 32.3 Å². The van der Waals surface area contributed by atoms with Crippen LogP contribution >= 0.6 is 0 Å². The summed E-state index contributed by atoms with van der Waals surface area (Å²) in [4.78, 5) is 13.7. The number of piperidine rings is 1. The van der Waals surface area contributed by atoms with Gasteiger partial charge >= 0.3 is 0 Å². The third-order valence-corrected chi connectivity index (χ3v) is 3.15. The van der Waals surface area contributed by atoms with Gasteiger partial charge in [-0.2, -0.15) is 0 Å². The number of rotatable bonds is 4. The van der Waals surface area contributed by atoms with Crippen molar-refractivity contribution in [1.29, 1.82) is 0 Å². The Balaban J connectivity index is 2.03. The Bertz CT molecular complexity index is 372. The van der Waals surface area contributed by atoms with Crippen molar-refractivity contribution in [2.75, 3.05) is 18.0 Å². The first-order chi connectivity index (χ1) is 8.31. The molecule has 1 aromatic carbocycles. The SMILES string of the molecule is CCNCc1ccc(N2CCCCC2=O)cc1. The summed E-state index contributed by atoms with van der Waals surface area (Å²) in [6.07, 6.45) is 2.85. The van der Waals surface area contributed by atoms with E-state index in [0.29, 0.717) is 6.42 Å². The van der Waals surface area contributed by atoms with Gasteiger partial charge in [0.15, 0.2) is 0 Å². The molecule has 92 valence electrons. The predicted octanol–water partition coefficient (Wildman–Crippen LogP) is 2.31. The number of anilines is 1. The largest absolute Gasteiger partial charge is 0.313 e. The lowest BCUT2D eigenvalue weighted by Crippen LogP contribution is -2.35. The summed E-state index contributed by atoms with van der Waals surface area (Å²) in [5.41, 5.74) is 2.30. The highest BCUT2D eigenvalue weighted by Gasteiger charge is 2.19. The van der Waals surface area contributed by atoms with E-state index in [0.717, 1.165) is 38.2 Å². The molecule has 3 heteroatoms. The molecule has 1 N–H and O–H groups in total. The zero-order chi connectivity index (χ0) is 12.1. The van der Waals surface area contributed by atoms with Gasteiger partial charge in [-0.1, -0.05) is 19.1 Å². The lowest BCUT2D eigenvalue weighted by molar-refractivity contribution is -0.119. The third kappa shape index (κ3) is 3.07. The molecule has 0 aliphatic carbocycles. The molecule has 3 nitrogen and oxygen atoms in total. The number of hydrogen-bond acceptors (Lipinski definition) is 2. The first kappa shape index (κ1) is 12.1. The average molecular weight is 232 g/mol. The van der Waals surface area contributed by atoms with Crippen LogP contribution in [0.25, 0.3) is 0 Å². The minimum atomic E-state index is 0.260. The normalized spacial score (nSPS) is 16.3. The van der Waals surface area contributed by atoms with Gasteiger partial charge in [0, 0.05) is 25.2 Å². The number of hydrogen-bond donors (Lipinski definition) is 1. The summed E-state index contributed by atoms with van der Waals surface area (Å²) in [5.74, 6) is 0.260. The molecule has 0 radical (unpaired) electrons. The molecule has 0 spiro atoms. The van der Waals surface area contributed by atoms with Gasteiger partial charge in [-0.15, -0.1) is 0 Å². The molecule has 1 aliphatic rings. The van der Waals surface area contributed by atoms with Crippen molar-refractivity contribution < 1.29 is 4.79 Å². The second kappa shape index (κ2) is 5.82. The van der Waals surface area contributed by atoms with Gasteiger partial charge in [0.05, 0.1) is 0 Å². The molecule has 0 atom stereocenters. The summed E-state index contributed by atoms with van der Waals surface area (Å²) in [6.45, 7) is 4.84. The second-order valence-electron chi connectivity index (χ2n) is 4.45. The predicted molar refractivity (Wildman–Crippen MR) is 70.0 cm³/mol. The van der Waals surface area contributed by atoms with Gasteiger partial charge in [-0.25, -0.2) is 0 Å². The van der Waals surface area contributed by atoms with E-state index in [-0.39, 0.29) is 5.91 Å². The smallest absolute Gasteiger partial charge is 0.226 e. The lowest BCUT2D eigenvalue weighted by Gasteiger charge is -2.26. The van der Waals surface area contributed by atoms with Crippen LogP contribution in [0.5, 0.6) is 0 Å². The van der Waals surface area contributed by atoms with Crippen molar-refractivity contribution >= 4 is 11.6 Å². The van der Waals surface area contributed by atoms with Gasteiger partial charge in [-0.3, -0.25) is 4.79 Å². The number of nitrogens with one attached hydrogen (secondary N) is 1. The summed E-state index contributed by atoms with van der Waals surface area (Å²) in [7, 11) is 0. The van der Waals surface area contributed by atoms with Gasteiger partial charge < -0.3 is 10.2 Å². The second-order valence-corrected chi connectivity index (χ2v) is 4.45. The monoisotopic (exact) mass is 232 g/mol. The van der Waals surface area contributed by atoms with Crippen LogP contribution < -0.4 is 10.2 Å². The highest BCUT2D eigenvalue weighted by atomic mass is 16.2. The average Bonchev–Trinajstić information content (AvgIpc) is 2.38. The molecule has 1 aliphatic heterocycles. The van der Waals surface area contributed by atoms with E-state index in [1.54, 1.807) is 0 Å². The van der Waals surface area contributed by atoms with Crippen LogP contribution in [0.4, 0.5) is 5.69 Å². The zero-order valence-electron chi connectivity index (χ0n) is 10.4. The summed E-state index contributed by atoms with van der Waals surface area (Å²) in [5, 5.41) is 3.29. The maximum atomic E-state index is 11.8. The summed E-state index contributed by atoms with van der Waals surface area (Å²) >= 11 is 0. The molecule has 1 saturated heterocycles. The number of carbonyl (C=O) groups is 1. The Morgan fingerprint density at radius 1 is 1.24 bits per heavy atom. The molecule has 2 rings (SSSR count). The number of nitrogens with zero attached hydrogens (tertiary/aromatic N) is 1. The van der Waals surface area contributed by atoms with Crippen molar-refractivity contribution in [3.8, 4) is 0 Å². The van der Waals surface area contributed by atoms with Gasteiger partial charge in [0.2, 0.25) is 5.91 Å². The molecule has 0 bridgehead atoms. The van der Waals surface area contributed by atoms with Gasteiger partial charge in [-0.05, 0) is 37.1 Å². The van der Waals surface area contributed by atoms with Crippen LogP contribution in [-0.4, -0.2) is 19.0 Å². The Hall–Kier alpha value is -1.35. The minimum absolute atomic E-state index is 0.260. The fourth-order valence-corrected chi connectivity index (χ4v) is 2.14. The van der Waals surface area contributed by atoms with Crippen LogP contribution in [0, 0.1) is 0 Å². The van der Waals surface area contributed by atoms with Crippen molar-refractivity contribution in [3.63, 3.8) is 0 Å². The Labute approximate surface area is 103 Å². The maximum Gasteiger partial charge on any atom is 0.226 e. The first-order valence-electron chi connectivity index (χ1n) is 6.41. The van der Waals surface area contributed by atoms with Crippen molar-refractivity contribution in [2.45, 2.75) is 32.7 Å². The highest BCUT2D eigenvalue weighted by molar-refractivity contribution is 5.93. The van der Waals surface area contributed by atoms with Crippen LogP contribution in [0.3, 0.4) is 0 Å². The van der Waals surface area contributed by atoms with Crippen molar-refractivity contribution in [1.82, 2.24) is 5.32 Å². The standard InChI is InChI=1S/C14H20N2O/c1-2-15-11-12-6-8-13(9-7-12)16-10-4-3-5-14(16)17/h6-9,15H,2-5,10-11H2,1H3. The van der Waals surface area contributed by atoms with Crippen molar-refractivity contribution in [3.05, 3.63) is 29.8 Å². The molecule has 17 heavy (non-hydrogen) atoms. The Morgan fingerprint density at radius 3 is 2.65 bits per heavy atom. The first-order valence-corrected chi connectivity index (χ1v) is 6.41. The fourth-order valence-electron chi connectivity index (χ4n) is 2.14. The number of carbonyl (C=O) groups excluding carboxylic acids is 1. The molecule has 0 unspecified atom stereocenters. The van der Waals surface area contributed by atoms with E-state index in [4.69, 9.17) is 0 Å². The highest BCUT2D eigenvalue weighted by Crippen LogP contribution is 2.21. The molecule has 0 aromatic heterocycles. The van der Waals surface area contributed by atoms with E-state index >= 15 is 0 Å². The third-order valence-electron chi connectivity index (χ3n) is 3.15. The summed E-state index contributed by atoms with van der Waals surface area (Å²) in [6, 6.07) is 8.30. The lowest BCUT2D eigenvalue weighted by atomic mass is 10.1. The molecule has 0 saturated carbocycles. The number of benzene rings is 1. The van der Waals surface area contributed by atoms with E-state index in [1.165, 1.54) is 5.56 Å². The molecular formula is C14H20N2O. The molecule has 1 aromatic rings. The van der Waals surface area contributed by atoms with Gasteiger partial charge in [0.1, 0.15) is 0 Å². The molecule has 1 fully saturated rings. The van der Waals surface area contributed by atoms with Crippen LogP contribution in [0.1, 0.15) is 31.7 Å².